The minimum Gasteiger partial charge on any atom is -0.456 e. The number of hydrogen-bond donors (Lipinski definition) is 0. The predicted octanol–water partition coefficient (Wildman–Crippen LogP) is 9.23. The monoisotopic (exact) mass is 646 g/mol. The van der Waals surface area contributed by atoms with Crippen LogP contribution in [-0.4, -0.2) is 46.5 Å². The summed E-state index contributed by atoms with van der Waals surface area (Å²) in [7, 11) is 0. The minimum absolute atomic E-state index is 0.169. The van der Waals surface area contributed by atoms with Crippen LogP contribution in [0, 0.1) is 27.7 Å². The molecule has 248 valence electrons. The van der Waals surface area contributed by atoms with Gasteiger partial charge in [0.1, 0.15) is 23.0 Å². The van der Waals surface area contributed by atoms with Crippen LogP contribution in [0.1, 0.15) is 116 Å². The molecule has 2 aliphatic heterocycles. The Morgan fingerprint density at radius 3 is 1.21 bits per heavy atom. The molecule has 0 radical (unpaired) electrons. The Morgan fingerprint density at radius 1 is 0.521 bits per heavy atom. The smallest absolute Gasteiger partial charge is 0.265 e. The van der Waals surface area contributed by atoms with Gasteiger partial charge in [0.2, 0.25) is 0 Å². The molecule has 0 atom stereocenters. The number of amides is 4. The topological polar surface area (TPSA) is 93.2 Å². The van der Waals surface area contributed by atoms with Gasteiger partial charge in [-0.3, -0.25) is 29.0 Å². The van der Waals surface area contributed by atoms with Crippen molar-refractivity contribution >= 4 is 34.4 Å². The first-order chi connectivity index (χ1) is 23.1. The van der Waals surface area contributed by atoms with Gasteiger partial charge in [0.25, 0.3) is 23.6 Å². The first-order valence-electron chi connectivity index (χ1n) is 17.0. The Hall–Kier alpha value is -4.98. The summed E-state index contributed by atoms with van der Waals surface area (Å²) in [4.78, 5) is 59.9. The molecule has 8 heteroatoms. The molecular weight excluding hydrogens is 604 g/mol. The SMILES string of the molecule is CCCCCN1C(=O)c2cc(Oc3c(C)cccc3C)c3c4c(cc(Oc5c(C)cccc5C)c(c24)C1=O)C(=O)N(CCCCC)C3=O. The molecule has 2 heterocycles. The molecule has 4 aromatic carbocycles. The molecule has 0 saturated heterocycles. The largest absolute Gasteiger partial charge is 0.456 e. The van der Waals surface area contributed by atoms with E-state index < -0.39 is 23.6 Å². The van der Waals surface area contributed by atoms with E-state index in [-0.39, 0.29) is 57.6 Å². The highest BCUT2D eigenvalue weighted by atomic mass is 16.5. The predicted molar refractivity (Wildman–Crippen MR) is 186 cm³/mol. The van der Waals surface area contributed by atoms with Gasteiger partial charge in [-0.2, -0.15) is 0 Å². The van der Waals surface area contributed by atoms with Gasteiger partial charge >= 0.3 is 0 Å². The molecular formula is C40H42N2O6. The highest BCUT2D eigenvalue weighted by Gasteiger charge is 2.43. The van der Waals surface area contributed by atoms with Gasteiger partial charge in [-0.1, -0.05) is 75.9 Å². The number of carbonyl (C=O) groups excluding carboxylic acids is 4. The number of aryl methyl sites for hydroxylation is 4. The van der Waals surface area contributed by atoms with E-state index in [0.717, 1.165) is 47.9 Å². The number of nitrogens with zero attached hydrogens (tertiary/aromatic N) is 2. The Morgan fingerprint density at radius 2 is 0.875 bits per heavy atom. The van der Waals surface area contributed by atoms with Crippen molar-refractivity contribution in [3.8, 4) is 23.0 Å². The van der Waals surface area contributed by atoms with Gasteiger partial charge in [0, 0.05) is 23.9 Å². The second-order valence-corrected chi connectivity index (χ2v) is 12.9. The molecule has 0 fully saturated rings. The summed E-state index contributed by atoms with van der Waals surface area (Å²) in [6, 6.07) is 14.7. The fourth-order valence-corrected chi connectivity index (χ4v) is 6.84. The number of ether oxygens (including phenoxy) is 2. The lowest BCUT2D eigenvalue weighted by Gasteiger charge is -2.34. The van der Waals surface area contributed by atoms with Crippen LogP contribution in [0.4, 0.5) is 0 Å². The number of hydrogen-bond acceptors (Lipinski definition) is 6. The van der Waals surface area contributed by atoms with Crippen LogP contribution in [-0.2, 0) is 0 Å². The van der Waals surface area contributed by atoms with E-state index in [0.29, 0.717) is 24.3 Å². The number of imide groups is 2. The van der Waals surface area contributed by atoms with Crippen LogP contribution in [0.2, 0.25) is 0 Å². The Balaban J connectivity index is 1.67. The maximum atomic E-state index is 14.4. The van der Waals surface area contributed by atoms with Crippen molar-refractivity contribution in [3.63, 3.8) is 0 Å². The summed E-state index contributed by atoms with van der Waals surface area (Å²) >= 11 is 0. The number of unbranched alkanes of at least 4 members (excludes halogenated alkanes) is 4. The zero-order valence-corrected chi connectivity index (χ0v) is 28.6. The van der Waals surface area contributed by atoms with E-state index >= 15 is 0 Å². The summed E-state index contributed by atoms with van der Waals surface area (Å²) < 4.78 is 13.1. The van der Waals surface area contributed by atoms with Crippen LogP contribution in [0.25, 0.3) is 10.8 Å². The third kappa shape index (κ3) is 5.53. The number of para-hydroxylation sites is 2. The van der Waals surface area contributed by atoms with Crippen LogP contribution >= 0.6 is 0 Å². The second-order valence-electron chi connectivity index (χ2n) is 12.9. The fraction of sp³-hybridized carbons (Fsp3) is 0.350. The van der Waals surface area contributed by atoms with Crippen molar-refractivity contribution in [3.05, 3.63) is 93.0 Å². The molecule has 0 saturated carbocycles. The minimum atomic E-state index is -0.504. The fourth-order valence-electron chi connectivity index (χ4n) is 6.84. The molecule has 0 bridgehead atoms. The first-order valence-corrected chi connectivity index (χ1v) is 17.0. The average molecular weight is 647 g/mol. The van der Waals surface area contributed by atoms with Crippen LogP contribution < -0.4 is 9.47 Å². The average Bonchev–Trinajstić information content (AvgIpc) is 3.05. The maximum absolute atomic E-state index is 14.4. The molecule has 4 amide bonds. The Bertz CT molecular complexity index is 1810. The molecule has 0 aliphatic carbocycles. The zero-order valence-electron chi connectivity index (χ0n) is 28.6. The van der Waals surface area contributed by atoms with Crippen molar-refractivity contribution in [1.82, 2.24) is 9.80 Å². The molecule has 6 rings (SSSR count). The second kappa shape index (κ2) is 13.3. The van der Waals surface area contributed by atoms with Gasteiger partial charge in [0.15, 0.2) is 0 Å². The van der Waals surface area contributed by atoms with Crippen molar-refractivity contribution in [2.45, 2.75) is 80.1 Å². The summed E-state index contributed by atoms with van der Waals surface area (Å²) in [5.41, 5.74) is 4.17. The van der Waals surface area contributed by atoms with E-state index in [1.54, 1.807) is 12.1 Å². The molecule has 4 aromatic rings. The molecule has 0 unspecified atom stereocenters. The first kappa shape index (κ1) is 32.9. The van der Waals surface area contributed by atoms with E-state index in [9.17, 15) is 19.2 Å². The van der Waals surface area contributed by atoms with E-state index in [4.69, 9.17) is 9.47 Å². The van der Waals surface area contributed by atoms with Crippen LogP contribution in [0.3, 0.4) is 0 Å². The standard InChI is InChI=1S/C40H42N2O6/c1-7-9-11-19-41-37(43)27-21-30(48-36-25(5)17-14-18-26(36)6)34-32-28(38(44)42(40(34)46)20-12-10-8-2)22-29(33(31(27)32)39(41)45)47-35-23(3)15-13-16-24(35)4/h13-18,21-22H,7-12,19-20H2,1-6H3. The van der Waals surface area contributed by atoms with Crippen molar-refractivity contribution < 1.29 is 28.7 Å². The highest BCUT2D eigenvalue weighted by Crippen LogP contribution is 2.48. The van der Waals surface area contributed by atoms with Gasteiger partial charge in [-0.25, -0.2) is 0 Å². The quantitative estimate of drug-likeness (QED) is 0.113. The van der Waals surface area contributed by atoms with E-state index in [1.165, 1.54) is 9.80 Å². The van der Waals surface area contributed by atoms with E-state index in [1.807, 2.05) is 64.1 Å². The maximum Gasteiger partial charge on any atom is 0.265 e. The zero-order chi connectivity index (χ0) is 34.3. The molecule has 0 N–H and O–H groups in total. The highest BCUT2D eigenvalue weighted by molar-refractivity contribution is 6.35. The van der Waals surface area contributed by atoms with Gasteiger partial charge in [-0.15, -0.1) is 0 Å². The normalized spacial score (nSPS) is 14.0. The van der Waals surface area contributed by atoms with Crippen molar-refractivity contribution in [2.75, 3.05) is 13.1 Å². The Kier molecular flexibility index (Phi) is 9.10. The lowest BCUT2D eigenvalue weighted by Crippen LogP contribution is -2.44. The lowest BCUT2D eigenvalue weighted by atomic mass is 9.84. The van der Waals surface area contributed by atoms with Crippen molar-refractivity contribution in [2.24, 2.45) is 0 Å². The van der Waals surface area contributed by atoms with Gasteiger partial charge in [-0.05, 0) is 74.9 Å². The molecule has 0 spiro atoms. The van der Waals surface area contributed by atoms with Crippen LogP contribution in [0.5, 0.6) is 23.0 Å². The third-order valence-electron chi connectivity index (χ3n) is 9.41. The molecule has 0 aromatic heterocycles. The molecule has 48 heavy (non-hydrogen) atoms. The van der Waals surface area contributed by atoms with Gasteiger partial charge < -0.3 is 9.47 Å². The summed E-state index contributed by atoms with van der Waals surface area (Å²) in [6.45, 7) is 12.3. The van der Waals surface area contributed by atoms with Gasteiger partial charge in [0.05, 0.1) is 22.3 Å². The van der Waals surface area contributed by atoms with Crippen LogP contribution in [0.15, 0.2) is 48.5 Å². The third-order valence-corrected chi connectivity index (χ3v) is 9.41. The number of benzene rings is 4. The summed E-state index contributed by atoms with van der Waals surface area (Å²) in [5, 5.41) is 0.517. The Labute approximate surface area is 281 Å². The number of rotatable bonds is 12. The summed E-state index contributed by atoms with van der Waals surface area (Å²) in [5.74, 6) is -0.479. The molecule has 8 nitrogen and oxygen atoms in total. The van der Waals surface area contributed by atoms with E-state index in [2.05, 4.69) is 13.8 Å². The van der Waals surface area contributed by atoms with Crippen molar-refractivity contribution in [1.29, 1.82) is 0 Å². The lowest BCUT2D eigenvalue weighted by molar-refractivity contribution is 0.0583. The number of carbonyl (C=O) groups is 4. The summed E-state index contributed by atoms with van der Waals surface area (Å²) in [6.07, 6.45) is 4.82. The molecule has 2 aliphatic rings.